The maximum Gasteiger partial charge on any atom is 0.352 e. The van der Waals surface area contributed by atoms with Crippen molar-refractivity contribution < 1.29 is 15.1 Å². The molecule has 1 aromatic heterocycles. The van der Waals surface area contributed by atoms with E-state index in [2.05, 4.69) is 24.9 Å². The molecule has 0 fully saturated rings. The Kier molecular flexibility index (Phi) is 2.69. The summed E-state index contributed by atoms with van der Waals surface area (Å²) in [6, 6.07) is -1.91. The van der Waals surface area contributed by atoms with Crippen LogP contribution in [-0.4, -0.2) is 48.4 Å². The molecule has 2 rings (SSSR count). The Morgan fingerprint density at radius 1 is 1.11 bits per heavy atom. The van der Waals surface area contributed by atoms with Crippen LogP contribution in [0.3, 0.4) is 0 Å². The topological polar surface area (TPSA) is 194 Å². The number of guanidine groups is 2. The van der Waals surface area contributed by atoms with Gasteiger partial charge in [-0.15, -0.1) is 20.0 Å². The van der Waals surface area contributed by atoms with Gasteiger partial charge < -0.3 is 26.5 Å². The standard InChI is InChI=1S/C6H9N9O3/c7-1-10-2(8)15(3(9)11-1)18-6-13-4(16)12-5(17)14-6/h2H,8H2,(H4,7,9,10,11)(H2,12,13,14,16,17). The third-order valence-corrected chi connectivity index (χ3v) is 1.73. The third-order valence-electron chi connectivity index (χ3n) is 1.73. The number of aromatic nitrogens is 3. The molecule has 0 saturated carbocycles. The summed E-state index contributed by atoms with van der Waals surface area (Å²) in [6.45, 7) is 0. The minimum atomic E-state index is -1.07. The molecule has 0 amide bonds. The monoisotopic (exact) mass is 255 g/mol. The van der Waals surface area contributed by atoms with Crippen molar-refractivity contribution in [2.75, 3.05) is 0 Å². The van der Waals surface area contributed by atoms with Crippen LogP contribution in [-0.2, 0) is 0 Å². The summed E-state index contributed by atoms with van der Waals surface area (Å²) in [5.41, 5.74) is 16.4. The molecule has 0 radical (unpaired) electrons. The van der Waals surface area contributed by atoms with Crippen LogP contribution < -0.4 is 22.0 Å². The molecule has 1 atom stereocenters. The fourth-order valence-electron chi connectivity index (χ4n) is 1.08. The minimum absolute atomic E-state index is 0.110. The molecule has 0 bridgehead atoms. The first-order valence-corrected chi connectivity index (χ1v) is 4.50. The summed E-state index contributed by atoms with van der Waals surface area (Å²) in [5.74, 6) is -0.296. The van der Waals surface area contributed by atoms with Gasteiger partial charge in [0.25, 0.3) is 0 Å². The summed E-state index contributed by atoms with van der Waals surface area (Å²) < 4.78 is 0. The highest BCUT2D eigenvalue weighted by atomic mass is 16.7. The van der Waals surface area contributed by atoms with Crippen LogP contribution in [0, 0.1) is 0 Å². The summed E-state index contributed by atoms with van der Waals surface area (Å²) in [5, 5.41) is 18.9. The Morgan fingerprint density at radius 2 is 1.72 bits per heavy atom. The number of hydrogen-bond acceptors (Lipinski definition) is 12. The van der Waals surface area contributed by atoms with E-state index in [4.69, 9.17) is 32.3 Å². The average molecular weight is 255 g/mol. The molecule has 1 aromatic rings. The van der Waals surface area contributed by atoms with Crippen molar-refractivity contribution in [3.63, 3.8) is 0 Å². The second-order valence-corrected chi connectivity index (χ2v) is 3.01. The second kappa shape index (κ2) is 4.17. The van der Waals surface area contributed by atoms with Gasteiger partial charge in [0.1, 0.15) is 0 Å². The molecule has 18 heavy (non-hydrogen) atoms. The predicted octanol–water partition coefficient (Wildman–Crippen LogP) is -3.24. The summed E-state index contributed by atoms with van der Waals surface area (Å²) in [4.78, 5) is 22.2. The van der Waals surface area contributed by atoms with E-state index in [1.807, 2.05) is 0 Å². The maximum absolute atomic E-state index is 9.04. The highest BCUT2D eigenvalue weighted by Crippen LogP contribution is 2.14. The van der Waals surface area contributed by atoms with E-state index in [-0.39, 0.29) is 11.9 Å². The molecule has 8 N–H and O–H groups in total. The summed E-state index contributed by atoms with van der Waals surface area (Å²) in [7, 11) is 0. The zero-order valence-electron chi connectivity index (χ0n) is 8.80. The molecule has 1 aliphatic heterocycles. The largest absolute Gasteiger partial charge is 0.479 e. The SMILES string of the molecule is NC1=NC(N)N(Oc2nc(O)nc(O)n2)C(N)=N1. The van der Waals surface area contributed by atoms with E-state index >= 15 is 0 Å². The van der Waals surface area contributed by atoms with Crippen molar-refractivity contribution in [2.24, 2.45) is 27.2 Å². The molecular formula is C6H9N9O3. The quantitative estimate of drug-likeness (QED) is 0.358. The molecule has 2 heterocycles. The molecule has 96 valence electrons. The van der Waals surface area contributed by atoms with Crippen molar-refractivity contribution >= 4 is 11.9 Å². The van der Waals surface area contributed by atoms with Crippen LogP contribution in [0.5, 0.6) is 18.0 Å². The molecule has 0 spiro atoms. The van der Waals surface area contributed by atoms with Crippen LogP contribution in [0.1, 0.15) is 0 Å². The number of aromatic hydroxyl groups is 2. The van der Waals surface area contributed by atoms with Gasteiger partial charge in [0.2, 0.25) is 18.2 Å². The van der Waals surface area contributed by atoms with Gasteiger partial charge in [-0.2, -0.15) is 4.99 Å². The molecule has 12 nitrogen and oxygen atoms in total. The van der Waals surface area contributed by atoms with Crippen LogP contribution in [0.2, 0.25) is 0 Å². The van der Waals surface area contributed by atoms with Crippen molar-refractivity contribution in [1.82, 2.24) is 20.0 Å². The van der Waals surface area contributed by atoms with Gasteiger partial charge in [0.05, 0.1) is 0 Å². The van der Waals surface area contributed by atoms with E-state index in [9.17, 15) is 0 Å². The number of nitrogens with zero attached hydrogens (tertiary/aromatic N) is 6. The first-order valence-electron chi connectivity index (χ1n) is 4.50. The number of aliphatic imine (C=N–C) groups is 2. The van der Waals surface area contributed by atoms with Gasteiger partial charge >= 0.3 is 18.0 Å². The minimum Gasteiger partial charge on any atom is -0.479 e. The van der Waals surface area contributed by atoms with Gasteiger partial charge in [-0.05, 0) is 0 Å². The second-order valence-electron chi connectivity index (χ2n) is 3.01. The predicted molar refractivity (Wildman–Crippen MR) is 56.8 cm³/mol. The lowest BCUT2D eigenvalue weighted by Crippen LogP contribution is -2.54. The fraction of sp³-hybridized carbons (Fsp3) is 0.167. The first-order chi connectivity index (χ1) is 8.45. The molecule has 1 aliphatic rings. The number of hydroxylamine groups is 2. The lowest BCUT2D eigenvalue weighted by molar-refractivity contribution is -0.0308. The molecule has 0 aliphatic carbocycles. The van der Waals surface area contributed by atoms with Crippen LogP contribution in [0.4, 0.5) is 0 Å². The van der Waals surface area contributed by atoms with E-state index in [0.717, 1.165) is 5.06 Å². The Hall–Kier alpha value is -2.89. The smallest absolute Gasteiger partial charge is 0.352 e. The van der Waals surface area contributed by atoms with Gasteiger partial charge in [0.15, 0.2) is 0 Å². The molecular weight excluding hydrogens is 246 g/mol. The number of rotatable bonds is 2. The Bertz CT molecular complexity index is 509. The lowest BCUT2D eigenvalue weighted by atomic mass is 10.7. The molecule has 1 unspecified atom stereocenters. The third kappa shape index (κ3) is 2.27. The van der Waals surface area contributed by atoms with E-state index in [1.54, 1.807) is 0 Å². The van der Waals surface area contributed by atoms with Gasteiger partial charge in [-0.1, -0.05) is 0 Å². The highest BCUT2D eigenvalue weighted by Gasteiger charge is 2.24. The van der Waals surface area contributed by atoms with Crippen molar-refractivity contribution in [3.05, 3.63) is 0 Å². The fourth-order valence-corrected chi connectivity index (χ4v) is 1.08. The summed E-state index contributed by atoms with van der Waals surface area (Å²) >= 11 is 0. The van der Waals surface area contributed by atoms with Crippen molar-refractivity contribution in [3.8, 4) is 18.0 Å². The van der Waals surface area contributed by atoms with Gasteiger partial charge in [-0.3, -0.25) is 5.73 Å². The molecule has 12 heteroatoms. The maximum atomic E-state index is 9.04. The van der Waals surface area contributed by atoms with Gasteiger partial charge in [-0.25, -0.2) is 4.99 Å². The van der Waals surface area contributed by atoms with E-state index in [1.165, 1.54) is 0 Å². The van der Waals surface area contributed by atoms with Crippen molar-refractivity contribution in [1.29, 1.82) is 0 Å². The molecule has 0 saturated heterocycles. The zero-order valence-corrected chi connectivity index (χ0v) is 8.80. The lowest BCUT2D eigenvalue weighted by Gasteiger charge is -2.27. The van der Waals surface area contributed by atoms with Crippen LogP contribution in [0.25, 0.3) is 0 Å². The highest BCUT2D eigenvalue weighted by molar-refractivity contribution is 5.94. The number of nitrogens with two attached hydrogens (primary N) is 3. The molecule has 0 aromatic carbocycles. The summed E-state index contributed by atoms with van der Waals surface area (Å²) in [6.07, 6.45) is -1.07. The van der Waals surface area contributed by atoms with Crippen molar-refractivity contribution in [2.45, 2.75) is 6.29 Å². The Balaban J connectivity index is 2.21. The van der Waals surface area contributed by atoms with E-state index < -0.39 is 24.3 Å². The number of hydrogen-bond donors (Lipinski definition) is 5. The Labute approximate surface area is 99.4 Å². The Morgan fingerprint density at radius 3 is 2.28 bits per heavy atom. The average Bonchev–Trinajstić information content (AvgIpc) is 2.22. The normalized spacial score (nSPS) is 19.2. The van der Waals surface area contributed by atoms with E-state index in [0.29, 0.717) is 0 Å². The van der Waals surface area contributed by atoms with Gasteiger partial charge in [0, 0.05) is 0 Å². The van der Waals surface area contributed by atoms with Crippen LogP contribution >= 0.6 is 0 Å². The van der Waals surface area contributed by atoms with Crippen LogP contribution in [0.15, 0.2) is 9.98 Å². The zero-order chi connectivity index (χ0) is 13.3. The first kappa shape index (κ1) is 11.6.